The highest BCUT2D eigenvalue weighted by molar-refractivity contribution is 5.88. The smallest absolute Gasteiger partial charge is 0.221 e. The number of nitrogens with one attached hydrogen (secondary N) is 2. The summed E-state index contributed by atoms with van der Waals surface area (Å²) in [7, 11) is 0. The zero-order valence-corrected chi connectivity index (χ0v) is 16.9. The molecule has 2 aromatic heterocycles. The molecule has 0 aliphatic carbocycles. The van der Waals surface area contributed by atoms with Gasteiger partial charge in [0.1, 0.15) is 5.76 Å². The van der Waals surface area contributed by atoms with E-state index in [-0.39, 0.29) is 11.8 Å². The Morgan fingerprint density at radius 1 is 1.14 bits per heavy atom. The predicted octanol–water partition coefficient (Wildman–Crippen LogP) is 5.47. The van der Waals surface area contributed by atoms with Gasteiger partial charge in [-0.25, -0.2) is 0 Å². The zero-order valence-electron chi connectivity index (χ0n) is 16.9. The summed E-state index contributed by atoms with van der Waals surface area (Å²) in [5.41, 5.74) is 5.96. The van der Waals surface area contributed by atoms with E-state index >= 15 is 0 Å². The largest absolute Gasteiger partial charge is 0.467 e. The Kier molecular flexibility index (Phi) is 5.52. The number of aromatic amines is 1. The number of amides is 1. The number of para-hydroxylation sites is 1. The molecular weight excluding hydrogens is 360 g/mol. The van der Waals surface area contributed by atoms with Crippen LogP contribution in [0.5, 0.6) is 0 Å². The van der Waals surface area contributed by atoms with Gasteiger partial charge >= 0.3 is 0 Å². The van der Waals surface area contributed by atoms with Crippen LogP contribution in [0.25, 0.3) is 10.9 Å². The number of carbonyl (C=O) groups excluding carboxylic acids is 1. The van der Waals surface area contributed by atoms with Gasteiger partial charge in [0.2, 0.25) is 5.91 Å². The molecule has 1 amide bonds. The van der Waals surface area contributed by atoms with E-state index in [2.05, 4.69) is 72.8 Å². The standard InChI is InChI=1S/C25H26N2O2/c1-3-18-8-5-11-21-23(16-27-25(18)21)22(19-9-4-7-17(2)13-19)14-24(28)26-15-20-10-6-12-29-20/h4-13,16,22,27H,3,14-15H2,1-2H3,(H,26,28). The lowest BCUT2D eigenvalue weighted by molar-refractivity contribution is -0.121. The Bertz CT molecular complexity index is 1110. The maximum atomic E-state index is 12.8. The van der Waals surface area contributed by atoms with Crippen molar-refractivity contribution < 1.29 is 9.21 Å². The van der Waals surface area contributed by atoms with Crippen LogP contribution in [0.15, 0.2) is 71.5 Å². The van der Waals surface area contributed by atoms with Crippen LogP contribution in [0, 0.1) is 6.92 Å². The molecule has 4 rings (SSSR count). The van der Waals surface area contributed by atoms with E-state index in [9.17, 15) is 4.79 Å². The van der Waals surface area contributed by atoms with Gasteiger partial charge in [0.05, 0.1) is 12.8 Å². The number of hydrogen-bond acceptors (Lipinski definition) is 2. The highest BCUT2D eigenvalue weighted by Crippen LogP contribution is 2.35. The molecule has 0 fully saturated rings. The molecule has 148 valence electrons. The topological polar surface area (TPSA) is 58.0 Å². The van der Waals surface area contributed by atoms with E-state index in [1.54, 1.807) is 6.26 Å². The quantitative estimate of drug-likeness (QED) is 0.442. The summed E-state index contributed by atoms with van der Waals surface area (Å²) in [6.07, 6.45) is 5.04. The number of carbonyl (C=O) groups is 1. The minimum absolute atomic E-state index is 0.00824. The first kappa shape index (κ1) is 19.1. The summed E-state index contributed by atoms with van der Waals surface area (Å²) < 4.78 is 5.32. The number of aryl methyl sites for hydroxylation is 2. The molecule has 0 radical (unpaired) electrons. The molecule has 0 saturated heterocycles. The van der Waals surface area contributed by atoms with Gasteiger partial charge in [-0.1, -0.05) is 55.0 Å². The number of hydrogen-bond donors (Lipinski definition) is 2. The van der Waals surface area contributed by atoms with Crippen LogP contribution in [0.1, 0.15) is 47.3 Å². The number of aromatic nitrogens is 1. The number of furan rings is 1. The maximum absolute atomic E-state index is 12.8. The number of fused-ring (bicyclic) bond motifs is 1. The van der Waals surface area contributed by atoms with E-state index in [0.29, 0.717) is 13.0 Å². The average Bonchev–Trinajstić information content (AvgIpc) is 3.40. The fraction of sp³-hybridized carbons (Fsp3) is 0.240. The van der Waals surface area contributed by atoms with Gasteiger partial charge in [0.25, 0.3) is 0 Å². The van der Waals surface area contributed by atoms with Crippen molar-refractivity contribution in [3.8, 4) is 0 Å². The highest BCUT2D eigenvalue weighted by atomic mass is 16.3. The van der Waals surface area contributed by atoms with Crippen molar-refractivity contribution in [3.63, 3.8) is 0 Å². The van der Waals surface area contributed by atoms with Gasteiger partial charge in [-0.05, 0) is 42.2 Å². The summed E-state index contributed by atoms with van der Waals surface area (Å²) in [5.74, 6) is 0.742. The first-order valence-corrected chi connectivity index (χ1v) is 10.1. The van der Waals surface area contributed by atoms with Gasteiger partial charge in [0, 0.05) is 29.4 Å². The molecule has 4 aromatic rings. The predicted molar refractivity (Wildman–Crippen MR) is 116 cm³/mol. The maximum Gasteiger partial charge on any atom is 0.221 e. The zero-order chi connectivity index (χ0) is 20.2. The van der Waals surface area contributed by atoms with E-state index in [0.717, 1.165) is 23.3 Å². The fourth-order valence-electron chi connectivity index (χ4n) is 3.97. The van der Waals surface area contributed by atoms with E-state index in [4.69, 9.17) is 4.42 Å². The van der Waals surface area contributed by atoms with E-state index in [1.165, 1.54) is 22.0 Å². The van der Waals surface area contributed by atoms with Gasteiger partial charge in [-0.3, -0.25) is 4.79 Å². The Morgan fingerprint density at radius 3 is 2.76 bits per heavy atom. The number of benzene rings is 2. The summed E-state index contributed by atoms with van der Waals surface area (Å²) in [6.45, 7) is 4.65. The molecule has 0 bridgehead atoms. The SMILES string of the molecule is CCc1cccc2c(C(CC(=O)NCc3ccco3)c3cccc(C)c3)c[nH]c12. The van der Waals surface area contributed by atoms with Crippen molar-refractivity contribution in [2.75, 3.05) is 0 Å². The molecular formula is C25H26N2O2. The Labute approximate surface area is 170 Å². The monoisotopic (exact) mass is 386 g/mol. The lowest BCUT2D eigenvalue weighted by atomic mass is 9.87. The van der Waals surface area contributed by atoms with Crippen molar-refractivity contribution in [3.05, 3.63) is 95.1 Å². The molecule has 2 heterocycles. The number of rotatable bonds is 7. The summed E-state index contributed by atoms with van der Waals surface area (Å²) in [6, 6.07) is 18.5. The molecule has 2 aromatic carbocycles. The van der Waals surface area contributed by atoms with Crippen LogP contribution < -0.4 is 5.32 Å². The first-order chi connectivity index (χ1) is 14.2. The lowest BCUT2D eigenvalue weighted by Gasteiger charge is -2.18. The Morgan fingerprint density at radius 2 is 2.00 bits per heavy atom. The Hall–Kier alpha value is -3.27. The molecule has 0 saturated carbocycles. The second kappa shape index (κ2) is 8.39. The van der Waals surface area contributed by atoms with E-state index in [1.807, 2.05) is 12.1 Å². The minimum atomic E-state index is -0.0210. The second-order valence-electron chi connectivity index (χ2n) is 7.46. The van der Waals surface area contributed by atoms with Gasteiger partial charge in [0.15, 0.2) is 0 Å². The number of H-pyrrole nitrogens is 1. The van der Waals surface area contributed by atoms with Crippen molar-refractivity contribution in [1.82, 2.24) is 10.3 Å². The Balaban J connectivity index is 1.67. The van der Waals surface area contributed by atoms with Crippen LogP contribution >= 0.6 is 0 Å². The summed E-state index contributed by atoms with van der Waals surface area (Å²) in [4.78, 5) is 16.3. The normalized spacial score (nSPS) is 12.2. The van der Waals surface area contributed by atoms with Crippen LogP contribution in [0.3, 0.4) is 0 Å². The first-order valence-electron chi connectivity index (χ1n) is 10.1. The lowest BCUT2D eigenvalue weighted by Crippen LogP contribution is -2.24. The van der Waals surface area contributed by atoms with Crippen molar-refractivity contribution in [2.24, 2.45) is 0 Å². The highest BCUT2D eigenvalue weighted by Gasteiger charge is 2.22. The third-order valence-corrected chi connectivity index (χ3v) is 5.46. The molecule has 1 unspecified atom stereocenters. The molecule has 4 heteroatoms. The molecule has 29 heavy (non-hydrogen) atoms. The van der Waals surface area contributed by atoms with Gasteiger partial charge in [-0.2, -0.15) is 0 Å². The van der Waals surface area contributed by atoms with Crippen molar-refractivity contribution >= 4 is 16.8 Å². The van der Waals surface area contributed by atoms with Gasteiger partial charge in [-0.15, -0.1) is 0 Å². The second-order valence-corrected chi connectivity index (χ2v) is 7.46. The molecule has 0 spiro atoms. The molecule has 2 N–H and O–H groups in total. The third-order valence-electron chi connectivity index (χ3n) is 5.46. The summed E-state index contributed by atoms with van der Waals surface area (Å²) in [5, 5.41) is 4.18. The van der Waals surface area contributed by atoms with Crippen molar-refractivity contribution in [2.45, 2.75) is 39.2 Å². The van der Waals surface area contributed by atoms with E-state index < -0.39 is 0 Å². The molecule has 0 aliphatic rings. The fourth-order valence-corrected chi connectivity index (χ4v) is 3.97. The molecule has 0 aliphatic heterocycles. The molecule has 4 nitrogen and oxygen atoms in total. The summed E-state index contributed by atoms with van der Waals surface area (Å²) >= 11 is 0. The van der Waals surface area contributed by atoms with Crippen molar-refractivity contribution in [1.29, 1.82) is 0 Å². The molecule has 1 atom stereocenters. The van der Waals surface area contributed by atoms with Crippen LogP contribution in [0.2, 0.25) is 0 Å². The minimum Gasteiger partial charge on any atom is -0.467 e. The van der Waals surface area contributed by atoms with Crippen LogP contribution in [-0.2, 0) is 17.8 Å². The van der Waals surface area contributed by atoms with Crippen LogP contribution in [0.4, 0.5) is 0 Å². The third kappa shape index (κ3) is 4.11. The van der Waals surface area contributed by atoms with Gasteiger partial charge < -0.3 is 14.7 Å². The van der Waals surface area contributed by atoms with Crippen LogP contribution in [-0.4, -0.2) is 10.9 Å². The average molecular weight is 386 g/mol.